The summed E-state index contributed by atoms with van der Waals surface area (Å²) in [6, 6.07) is 7.05. The maximum absolute atomic E-state index is 12.5. The van der Waals surface area contributed by atoms with E-state index in [1.165, 1.54) is 0 Å². The predicted molar refractivity (Wildman–Crippen MR) is 79.5 cm³/mol. The van der Waals surface area contributed by atoms with Crippen molar-refractivity contribution in [2.24, 2.45) is 0 Å². The lowest BCUT2D eigenvalue weighted by atomic mass is 10.0. The third-order valence-corrected chi connectivity index (χ3v) is 6.29. The summed E-state index contributed by atoms with van der Waals surface area (Å²) in [6.07, 6.45) is 5.94. The van der Waals surface area contributed by atoms with Crippen molar-refractivity contribution in [3.63, 3.8) is 0 Å². The van der Waals surface area contributed by atoms with Crippen LogP contribution in [0.4, 0.5) is 0 Å². The first-order chi connectivity index (χ1) is 9.50. The Kier molecular flexibility index (Phi) is 4.97. The smallest absolute Gasteiger partial charge is 0.181 e. The summed E-state index contributed by atoms with van der Waals surface area (Å²) in [7, 11) is -3.18. The van der Waals surface area contributed by atoms with Crippen molar-refractivity contribution >= 4 is 15.6 Å². The first-order valence-electron chi connectivity index (χ1n) is 7.32. The second kappa shape index (κ2) is 6.53. The van der Waals surface area contributed by atoms with Gasteiger partial charge in [-0.15, -0.1) is 0 Å². The van der Waals surface area contributed by atoms with E-state index in [1.54, 1.807) is 19.1 Å². The quantitative estimate of drug-likeness (QED) is 0.837. The number of sulfone groups is 1. The Morgan fingerprint density at radius 2 is 1.70 bits per heavy atom. The van der Waals surface area contributed by atoms with E-state index in [2.05, 4.69) is 0 Å². The van der Waals surface area contributed by atoms with Gasteiger partial charge in [-0.2, -0.15) is 0 Å². The van der Waals surface area contributed by atoms with Crippen molar-refractivity contribution < 1.29 is 13.2 Å². The summed E-state index contributed by atoms with van der Waals surface area (Å²) in [5.41, 5.74) is 1.02. The number of benzene rings is 1. The number of rotatable bonds is 5. The molecule has 1 aliphatic rings. The summed E-state index contributed by atoms with van der Waals surface area (Å²) in [4.78, 5) is 11.4. The van der Waals surface area contributed by atoms with Crippen LogP contribution in [-0.2, 0) is 21.1 Å². The highest BCUT2D eigenvalue weighted by Gasteiger charge is 2.28. The first-order valence-corrected chi connectivity index (χ1v) is 8.87. The van der Waals surface area contributed by atoms with E-state index in [0.717, 1.165) is 37.7 Å². The van der Waals surface area contributed by atoms with Crippen LogP contribution >= 0.6 is 0 Å². The molecule has 3 nitrogen and oxygen atoms in total. The Morgan fingerprint density at radius 1 is 1.10 bits per heavy atom. The molecule has 0 atom stereocenters. The van der Waals surface area contributed by atoms with Crippen molar-refractivity contribution in [3.8, 4) is 0 Å². The van der Waals surface area contributed by atoms with Crippen molar-refractivity contribution in [1.82, 2.24) is 0 Å². The van der Waals surface area contributed by atoms with E-state index < -0.39 is 9.84 Å². The normalized spacial score (nSPS) is 17.1. The minimum Gasteiger partial charge on any atom is -0.300 e. The summed E-state index contributed by atoms with van der Waals surface area (Å²) < 4.78 is 25.0. The second-order valence-electron chi connectivity index (χ2n) is 5.65. The van der Waals surface area contributed by atoms with Crippen LogP contribution in [0, 0.1) is 0 Å². The van der Waals surface area contributed by atoms with E-state index in [0.29, 0.717) is 17.7 Å². The molecule has 0 spiro atoms. The Morgan fingerprint density at radius 3 is 2.25 bits per heavy atom. The molecule has 0 heterocycles. The average molecular weight is 294 g/mol. The van der Waals surface area contributed by atoms with Gasteiger partial charge < -0.3 is 4.79 Å². The molecule has 1 fully saturated rings. The van der Waals surface area contributed by atoms with E-state index in [9.17, 15) is 13.2 Å². The molecule has 0 radical (unpaired) electrons. The molecule has 0 amide bonds. The van der Waals surface area contributed by atoms with Crippen molar-refractivity contribution in [3.05, 3.63) is 29.8 Å². The van der Waals surface area contributed by atoms with Crippen molar-refractivity contribution in [2.45, 2.75) is 62.0 Å². The summed E-state index contributed by atoms with van der Waals surface area (Å²) in [5.74, 6) is 0.156. The molecular weight excluding hydrogens is 272 g/mol. The van der Waals surface area contributed by atoms with Gasteiger partial charge in [0.05, 0.1) is 10.1 Å². The zero-order valence-electron chi connectivity index (χ0n) is 12.0. The molecule has 1 aromatic carbocycles. The Hall–Kier alpha value is -1.16. The Balaban J connectivity index is 2.10. The fourth-order valence-corrected chi connectivity index (χ4v) is 4.59. The lowest BCUT2D eigenvalue weighted by Crippen LogP contribution is -2.24. The molecule has 1 saturated carbocycles. The molecule has 0 aromatic heterocycles. The lowest BCUT2D eigenvalue weighted by molar-refractivity contribution is -0.116. The number of hydrogen-bond donors (Lipinski definition) is 0. The number of carbonyl (C=O) groups is 1. The SMILES string of the molecule is CC(=O)CCc1ccc(S(=O)(=O)C2CCCCC2)cc1. The maximum atomic E-state index is 12.5. The van der Waals surface area contributed by atoms with Crippen LogP contribution in [0.2, 0.25) is 0 Å². The van der Waals surface area contributed by atoms with E-state index in [-0.39, 0.29) is 11.0 Å². The Labute approximate surface area is 121 Å². The van der Waals surface area contributed by atoms with Gasteiger partial charge >= 0.3 is 0 Å². The maximum Gasteiger partial charge on any atom is 0.181 e. The van der Waals surface area contributed by atoms with Crippen LogP contribution in [0.5, 0.6) is 0 Å². The van der Waals surface area contributed by atoms with E-state index in [1.807, 2.05) is 12.1 Å². The van der Waals surface area contributed by atoms with Crippen LogP contribution in [0.3, 0.4) is 0 Å². The highest BCUT2D eigenvalue weighted by atomic mass is 32.2. The van der Waals surface area contributed by atoms with Gasteiger partial charge in [-0.25, -0.2) is 8.42 Å². The van der Waals surface area contributed by atoms with Gasteiger partial charge in [0, 0.05) is 6.42 Å². The first kappa shape index (κ1) is 15.2. The molecule has 0 bridgehead atoms. The van der Waals surface area contributed by atoms with Gasteiger partial charge in [-0.05, 0) is 43.9 Å². The number of aryl methyl sites for hydroxylation is 1. The summed E-state index contributed by atoms with van der Waals surface area (Å²) >= 11 is 0. The topological polar surface area (TPSA) is 51.2 Å². The fourth-order valence-electron chi connectivity index (χ4n) is 2.73. The highest BCUT2D eigenvalue weighted by molar-refractivity contribution is 7.92. The molecular formula is C16H22O3S. The van der Waals surface area contributed by atoms with Crippen LogP contribution in [0.25, 0.3) is 0 Å². The highest BCUT2D eigenvalue weighted by Crippen LogP contribution is 2.28. The van der Waals surface area contributed by atoms with Gasteiger partial charge in [0.15, 0.2) is 9.84 Å². The standard InChI is InChI=1S/C16H22O3S/c1-13(17)7-8-14-9-11-16(12-10-14)20(18,19)15-5-3-2-4-6-15/h9-12,15H,2-8H2,1H3. The average Bonchev–Trinajstić information content (AvgIpc) is 2.46. The lowest BCUT2D eigenvalue weighted by Gasteiger charge is -2.21. The minimum atomic E-state index is -3.18. The van der Waals surface area contributed by atoms with Gasteiger partial charge in [-0.1, -0.05) is 31.4 Å². The number of carbonyl (C=O) groups excluding carboxylic acids is 1. The minimum absolute atomic E-state index is 0.156. The second-order valence-corrected chi connectivity index (χ2v) is 7.88. The third kappa shape index (κ3) is 3.69. The monoisotopic (exact) mass is 294 g/mol. The number of Topliss-reactive ketones (excluding diaryl/α,β-unsaturated/α-hetero) is 1. The largest absolute Gasteiger partial charge is 0.300 e. The molecule has 20 heavy (non-hydrogen) atoms. The number of hydrogen-bond acceptors (Lipinski definition) is 3. The van der Waals surface area contributed by atoms with Crippen LogP contribution in [-0.4, -0.2) is 19.5 Å². The van der Waals surface area contributed by atoms with Crippen molar-refractivity contribution in [2.75, 3.05) is 0 Å². The van der Waals surface area contributed by atoms with Gasteiger partial charge in [0.1, 0.15) is 5.78 Å². The van der Waals surface area contributed by atoms with E-state index >= 15 is 0 Å². The van der Waals surface area contributed by atoms with Crippen molar-refractivity contribution in [1.29, 1.82) is 0 Å². The van der Waals surface area contributed by atoms with Gasteiger partial charge in [0.2, 0.25) is 0 Å². The van der Waals surface area contributed by atoms with Gasteiger partial charge in [-0.3, -0.25) is 0 Å². The molecule has 0 N–H and O–H groups in total. The molecule has 0 unspecified atom stereocenters. The molecule has 1 aliphatic carbocycles. The fraction of sp³-hybridized carbons (Fsp3) is 0.562. The van der Waals surface area contributed by atoms with Gasteiger partial charge in [0.25, 0.3) is 0 Å². The zero-order chi connectivity index (χ0) is 14.6. The molecule has 0 saturated heterocycles. The molecule has 0 aliphatic heterocycles. The Bertz CT molecular complexity index is 552. The summed E-state index contributed by atoms with van der Waals surface area (Å²) in [5, 5.41) is -0.209. The molecule has 2 rings (SSSR count). The molecule has 4 heteroatoms. The zero-order valence-corrected chi connectivity index (χ0v) is 12.8. The number of ketones is 1. The molecule has 1 aromatic rings. The third-order valence-electron chi connectivity index (χ3n) is 4.01. The summed E-state index contributed by atoms with van der Waals surface area (Å²) in [6.45, 7) is 1.57. The van der Waals surface area contributed by atoms with Crippen LogP contribution in [0.15, 0.2) is 29.2 Å². The predicted octanol–water partition coefficient (Wildman–Crippen LogP) is 3.31. The van der Waals surface area contributed by atoms with E-state index in [4.69, 9.17) is 0 Å². The molecule has 110 valence electrons. The van der Waals surface area contributed by atoms with Crippen LogP contribution in [0.1, 0.15) is 51.0 Å². The van der Waals surface area contributed by atoms with Crippen LogP contribution < -0.4 is 0 Å².